The van der Waals surface area contributed by atoms with Gasteiger partial charge in [0.15, 0.2) is 0 Å². The first-order valence-corrected chi connectivity index (χ1v) is 4.87. The molecule has 1 rings (SSSR count). The Morgan fingerprint density at radius 2 is 2.31 bits per heavy atom. The highest BCUT2D eigenvalue weighted by atomic mass is 16.5. The Hall–Kier alpha value is -0.770. The molecule has 76 valence electrons. The minimum absolute atomic E-state index is 0.136. The van der Waals surface area contributed by atoms with Crippen molar-refractivity contribution in [3.63, 3.8) is 0 Å². The molecule has 1 fully saturated rings. The number of alkyl carbamates (subject to hydrolysis) is 1. The summed E-state index contributed by atoms with van der Waals surface area (Å²) in [4.78, 5) is 11.1. The van der Waals surface area contributed by atoms with Crippen molar-refractivity contribution in [2.45, 2.75) is 38.1 Å². The van der Waals surface area contributed by atoms with Gasteiger partial charge in [0.1, 0.15) is 0 Å². The van der Waals surface area contributed by atoms with Gasteiger partial charge in [-0.25, -0.2) is 4.79 Å². The number of ether oxygens (including phenoxy) is 1. The molecule has 1 aliphatic rings. The molecular formula is C9H18N2O2. The van der Waals surface area contributed by atoms with Crippen LogP contribution in [0.3, 0.4) is 0 Å². The van der Waals surface area contributed by atoms with Gasteiger partial charge in [-0.3, -0.25) is 0 Å². The van der Waals surface area contributed by atoms with Gasteiger partial charge in [-0.1, -0.05) is 13.3 Å². The second kappa shape index (κ2) is 4.46. The number of unbranched alkanes of at least 4 members (excludes halogenated alkanes) is 1. The average molecular weight is 186 g/mol. The maximum Gasteiger partial charge on any atom is 0.407 e. The zero-order valence-electron chi connectivity index (χ0n) is 8.14. The summed E-state index contributed by atoms with van der Waals surface area (Å²) in [6, 6.07) is 0. The van der Waals surface area contributed by atoms with Crippen LogP contribution in [0.1, 0.15) is 32.6 Å². The maximum atomic E-state index is 11.1. The number of rotatable bonds is 5. The molecule has 1 saturated carbocycles. The van der Waals surface area contributed by atoms with Crippen LogP contribution >= 0.6 is 0 Å². The molecule has 0 aromatic carbocycles. The van der Waals surface area contributed by atoms with E-state index >= 15 is 0 Å². The lowest BCUT2D eigenvalue weighted by Crippen LogP contribution is -2.42. The van der Waals surface area contributed by atoms with Crippen LogP contribution in [0.2, 0.25) is 0 Å². The maximum absolute atomic E-state index is 11.1. The van der Waals surface area contributed by atoms with E-state index in [0.717, 1.165) is 25.7 Å². The van der Waals surface area contributed by atoms with Gasteiger partial charge in [0.25, 0.3) is 0 Å². The van der Waals surface area contributed by atoms with Crippen LogP contribution < -0.4 is 11.1 Å². The van der Waals surface area contributed by atoms with Crippen LogP contribution in [0.5, 0.6) is 0 Å². The number of nitrogens with one attached hydrogen (secondary N) is 1. The third-order valence-electron chi connectivity index (χ3n) is 2.34. The number of amides is 1. The van der Waals surface area contributed by atoms with Crippen molar-refractivity contribution in [2.24, 2.45) is 5.73 Å². The molecule has 0 spiro atoms. The molecule has 0 heterocycles. The van der Waals surface area contributed by atoms with Gasteiger partial charge < -0.3 is 15.8 Å². The fraction of sp³-hybridized carbons (Fsp3) is 0.889. The number of hydrogen-bond donors (Lipinski definition) is 2. The molecule has 0 radical (unpaired) electrons. The SMILES string of the molecule is CCCCOC(=O)NC1(CN)CC1. The Morgan fingerprint density at radius 1 is 1.62 bits per heavy atom. The van der Waals surface area contributed by atoms with Gasteiger partial charge >= 0.3 is 6.09 Å². The van der Waals surface area contributed by atoms with Gasteiger partial charge in [-0.15, -0.1) is 0 Å². The van der Waals surface area contributed by atoms with Gasteiger partial charge in [0.2, 0.25) is 0 Å². The summed E-state index contributed by atoms with van der Waals surface area (Å²) in [6.45, 7) is 3.07. The normalized spacial score (nSPS) is 18.0. The van der Waals surface area contributed by atoms with E-state index in [1.807, 2.05) is 0 Å². The largest absolute Gasteiger partial charge is 0.450 e. The van der Waals surface area contributed by atoms with Crippen LogP contribution in [0, 0.1) is 0 Å². The van der Waals surface area contributed by atoms with E-state index in [4.69, 9.17) is 10.5 Å². The van der Waals surface area contributed by atoms with Gasteiger partial charge in [0, 0.05) is 6.54 Å². The van der Waals surface area contributed by atoms with Crippen LogP contribution in [0.4, 0.5) is 4.79 Å². The fourth-order valence-electron chi connectivity index (χ4n) is 1.09. The second-order valence-corrected chi connectivity index (χ2v) is 3.60. The Kier molecular flexibility index (Phi) is 3.54. The molecule has 4 heteroatoms. The molecule has 4 nitrogen and oxygen atoms in total. The molecule has 0 aromatic rings. The van der Waals surface area contributed by atoms with Crippen molar-refractivity contribution in [3.8, 4) is 0 Å². The van der Waals surface area contributed by atoms with E-state index in [1.165, 1.54) is 0 Å². The minimum atomic E-state index is -0.323. The Bertz CT molecular complexity index is 178. The molecule has 0 aromatic heterocycles. The standard InChI is InChI=1S/C9H18N2O2/c1-2-3-6-13-8(12)11-9(7-10)4-5-9/h2-7,10H2,1H3,(H,11,12). The van der Waals surface area contributed by atoms with Crippen molar-refractivity contribution < 1.29 is 9.53 Å². The summed E-state index contributed by atoms with van der Waals surface area (Å²) in [5.41, 5.74) is 5.37. The zero-order chi connectivity index (χ0) is 9.73. The Labute approximate surface area is 78.8 Å². The molecular weight excluding hydrogens is 168 g/mol. The van der Waals surface area contributed by atoms with Crippen molar-refractivity contribution in [1.29, 1.82) is 0 Å². The van der Waals surface area contributed by atoms with Gasteiger partial charge in [0.05, 0.1) is 12.1 Å². The Balaban J connectivity index is 2.11. The monoisotopic (exact) mass is 186 g/mol. The van der Waals surface area contributed by atoms with Gasteiger partial charge in [-0.2, -0.15) is 0 Å². The number of hydrogen-bond acceptors (Lipinski definition) is 3. The van der Waals surface area contributed by atoms with Crippen molar-refractivity contribution in [1.82, 2.24) is 5.32 Å². The van der Waals surface area contributed by atoms with Crippen LogP contribution in [-0.2, 0) is 4.74 Å². The van der Waals surface area contributed by atoms with E-state index in [2.05, 4.69) is 12.2 Å². The lowest BCUT2D eigenvalue weighted by Gasteiger charge is -2.14. The number of nitrogens with two attached hydrogens (primary N) is 1. The highest BCUT2D eigenvalue weighted by Crippen LogP contribution is 2.33. The zero-order valence-corrected chi connectivity index (χ0v) is 8.14. The fourth-order valence-corrected chi connectivity index (χ4v) is 1.09. The summed E-state index contributed by atoms with van der Waals surface area (Å²) in [5.74, 6) is 0. The van der Waals surface area contributed by atoms with E-state index < -0.39 is 0 Å². The number of carbonyl (C=O) groups excluding carboxylic acids is 1. The van der Waals surface area contributed by atoms with E-state index in [9.17, 15) is 4.79 Å². The molecule has 0 bridgehead atoms. The summed E-state index contributed by atoms with van der Waals surface area (Å²) >= 11 is 0. The van der Waals surface area contributed by atoms with Crippen molar-refractivity contribution in [3.05, 3.63) is 0 Å². The summed E-state index contributed by atoms with van der Waals surface area (Å²) in [6.07, 6.45) is 3.59. The quantitative estimate of drug-likeness (QED) is 0.630. The summed E-state index contributed by atoms with van der Waals surface area (Å²) in [7, 11) is 0. The lowest BCUT2D eigenvalue weighted by atomic mass is 10.3. The second-order valence-electron chi connectivity index (χ2n) is 3.60. The van der Waals surface area contributed by atoms with E-state index in [0.29, 0.717) is 13.2 Å². The van der Waals surface area contributed by atoms with Crippen LogP contribution in [0.15, 0.2) is 0 Å². The Morgan fingerprint density at radius 3 is 2.77 bits per heavy atom. The highest BCUT2D eigenvalue weighted by molar-refractivity contribution is 5.69. The summed E-state index contributed by atoms with van der Waals surface area (Å²) < 4.78 is 4.95. The van der Waals surface area contributed by atoms with Gasteiger partial charge in [-0.05, 0) is 19.3 Å². The predicted octanol–water partition coefficient (Wildman–Crippen LogP) is 1.00. The summed E-state index contributed by atoms with van der Waals surface area (Å²) in [5, 5.41) is 2.79. The first-order chi connectivity index (χ1) is 6.22. The number of carbonyl (C=O) groups is 1. The molecule has 0 atom stereocenters. The predicted molar refractivity (Wildman–Crippen MR) is 50.4 cm³/mol. The smallest absolute Gasteiger partial charge is 0.407 e. The van der Waals surface area contributed by atoms with Crippen molar-refractivity contribution >= 4 is 6.09 Å². The van der Waals surface area contributed by atoms with Crippen LogP contribution in [-0.4, -0.2) is 24.8 Å². The van der Waals surface area contributed by atoms with E-state index in [-0.39, 0.29) is 11.6 Å². The molecule has 13 heavy (non-hydrogen) atoms. The van der Waals surface area contributed by atoms with E-state index in [1.54, 1.807) is 0 Å². The molecule has 3 N–H and O–H groups in total. The first kappa shape index (κ1) is 10.3. The third kappa shape index (κ3) is 3.22. The topological polar surface area (TPSA) is 64.3 Å². The molecule has 1 aliphatic carbocycles. The molecule has 0 unspecified atom stereocenters. The molecule has 0 aliphatic heterocycles. The van der Waals surface area contributed by atoms with Crippen LogP contribution in [0.25, 0.3) is 0 Å². The minimum Gasteiger partial charge on any atom is -0.450 e. The molecule has 1 amide bonds. The highest BCUT2D eigenvalue weighted by Gasteiger charge is 2.43. The molecule has 0 saturated heterocycles. The first-order valence-electron chi connectivity index (χ1n) is 4.87. The average Bonchev–Trinajstić information content (AvgIpc) is 2.86. The lowest BCUT2D eigenvalue weighted by molar-refractivity contribution is 0.139. The third-order valence-corrected chi connectivity index (χ3v) is 2.34. The van der Waals surface area contributed by atoms with Crippen molar-refractivity contribution in [2.75, 3.05) is 13.2 Å².